The fraction of sp³-hybridized carbons (Fsp3) is 0.800. The fourth-order valence-electron chi connectivity index (χ4n) is 4.40. The summed E-state index contributed by atoms with van der Waals surface area (Å²) in [6.45, 7) is 1.99. The number of carbonyl (C=O) groups excluding carboxylic acids is 1. The number of hydrogen-bond donors (Lipinski definition) is 3. The summed E-state index contributed by atoms with van der Waals surface area (Å²) in [5, 5.41) is 2.68. The van der Waals surface area contributed by atoms with Crippen LogP contribution in [0.1, 0.15) is 116 Å². The highest BCUT2D eigenvalue weighted by Crippen LogP contribution is 2.37. The minimum Gasteiger partial charge on any atom is -0.352 e. The van der Waals surface area contributed by atoms with Gasteiger partial charge in [-0.25, -0.2) is 9.36 Å². The number of aromatic nitrogens is 2. The summed E-state index contributed by atoms with van der Waals surface area (Å²) in [5.74, 6) is 0.0461. The molecule has 0 radical (unpaired) electrons. The molecule has 1 amide bonds. The molecular formula is C25H44N3O7P. The van der Waals surface area contributed by atoms with Gasteiger partial charge in [0.1, 0.15) is 12.0 Å². The van der Waals surface area contributed by atoms with E-state index in [2.05, 4.69) is 21.7 Å². The third-order valence-electron chi connectivity index (χ3n) is 6.43. The number of rotatable bonds is 19. The SMILES string of the molecule is CCCCCCCCCCCCCCCC(=O)Nc1ccn([C@H]2CC[C@@H](COP(=O)(O)O)O2)c(=O)n1. The molecule has 3 N–H and O–H groups in total. The monoisotopic (exact) mass is 529 g/mol. The molecule has 206 valence electrons. The van der Waals surface area contributed by atoms with Gasteiger partial charge >= 0.3 is 13.5 Å². The van der Waals surface area contributed by atoms with Crippen LogP contribution in [0.2, 0.25) is 0 Å². The topological polar surface area (TPSA) is 140 Å². The predicted molar refractivity (Wildman–Crippen MR) is 139 cm³/mol. The van der Waals surface area contributed by atoms with Gasteiger partial charge < -0.3 is 19.8 Å². The van der Waals surface area contributed by atoms with Crippen molar-refractivity contribution in [1.82, 2.24) is 9.55 Å². The third-order valence-corrected chi connectivity index (χ3v) is 6.91. The Morgan fingerprint density at radius 1 is 1.06 bits per heavy atom. The van der Waals surface area contributed by atoms with Crippen LogP contribution in [-0.2, 0) is 18.6 Å². The van der Waals surface area contributed by atoms with Gasteiger partial charge in [-0.15, -0.1) is 0 Å². The summed E-state index contributed by atoms with van der Waals surface area (Å²) >= 11 is 0. The summed E-state index contributed by atoms with van der Waals surface area (Å²) in [7, 11) is -4.56. The first-order valence-corrected chi connectivity index (χ1v) is 15.1. The number of nitrogens with zero attached hydrogens (tertiary/aromatic N) is 2. The number of unbranched alkanes of at least 4 members (excludes halogenated alkanes) is 12. The van der Waals surface area contributed by atoms with E-state index in [4.69, 9.17) is 14.5 Å². The lowest BCUT2D eigenvalue weighted by Crippen LogP contribution is -2.28. The van der Waals surface area contributed by atoms with E-state index in [1.54, 1.807) is 6.07 Å². The highest BCUT2D eigenvalue weighted by molar-refractivity contribution is 7.46. The normalized spacial score (nSPS) is 18.0. The summed E-state index contributed by atoms with van der Waals surface area (Å²) < 4.78 is 22.2. The van der Waals surface area contributed by atoms with E-state index in [1.807, 2.05) is 0 Å². The van der Waals surface area contributed by atoms with Gasteiger partial charge in [-0.05, 0) is 25.3 Å². The largest absolute Gasteiger partial charge is 0.469 e. The average Bonchev–Trinajstić information content (AvgIpc) is 3.29. The number of anilines is 1. The van der Waals surface area contributed by atoms with Gasteiger partial charge in [-0.2, -0.15) is 4.98 Å². The third kappa shape index (κ3) is 13.1. The van der Waals surface area contributed by atoms with E-state index in [0.717, 1.165) is 19.3 Å². The number of ether oxygens (including phenoxy) is 1. The Bertz CT molecular complexity index is 873. The lowest BCUT2D eigenvalue weighted by atomic mass is 10.0. The molecular weight excluding hydrogens is 485 g/mol. The zero-order valence-electron chi connectivity index (χ0n) is 21.6. The maximum absolute atomic E-state index is 12.4. The van der Waals surface area contributed by atoms with Crippen molar-refractivity contribution in [1.29, 1.82) is 0 Å². The van der Waals surface area contributed by atoms with Crippen LogP contribution in [0.25, 0.3) is 0 Å². The van der Waals surface area contributed by atoms with Crippen LogP contribution in [0, 0.1) is 0 Å². The number of amides is 1. The first-order valence-electron chi connectivity index (χ1n) is 13.5. The lowest BCUT2D eigenvalue weighted by molar-refractivity contribution is -0.116. The molecule has 36 heavy (non-hydrogen) atoms. The molecule has 1 aromatic heterocycles. The molecule has 1 saturated heterocycles. The number of carbonyl (C=O) groups is 1. The van der Waals surface area contributed by atoms with E-state index in [1.165, 1.54) is 75.0 Å². The molecule has 0 aromatic carbocycles. The first kappa shape index (κ1) is 30.6. The maximum atomic E-state index is 12.4. The standard InChI is InChI=1S/C25H44N3O7P/c1-2-3-4-5-6-7-8-9-10-11-12-13-14-15-23(29)26-22-18-19-28(25(30)27-22)24-17-16-21(35-24)20-34-36(31,32)33/h18-19,21,24H,2-17,20H2,1H3,(H2,31,32,33)(H,26,27,29,30)/t21-,24+/m0/s1. The number of hydrogen-bond acceptors (Lipinski definition) is 6. The molecule has 1 aliphatic rings. The van der Waals surface area contributed by atoms with Crippen molar-refractivity contribution in [3.63, 3.8) is 0 Å². The molecule has 2 heterocycles. The van der Waals surface area contributed by atoms with Crippen molar-refractivity contribution in [2.45, 2.75) is 122 Å². The molecule has 0 bridgehead atoms. The highest BCUT2D eigenvalue weighted by Gasteiger charge is 2.29. The zero-order chi connectivity index (χ0) is 26.2. The van der Waals surface area contributed by atoms with Crippen LogP contribution in [-0.4, -0.2) is 38.0 Å². The summed E-state index contributed by atoms with van der Waals surface area (Å²) in [5.41, 5.74) is -0.560. The first-order chi connectivity index (χ1) is 17.3. The molecule has 1 fully saturated rings. The molecule has 0 spiro atoms. The molecule has 11 heteroatoms. The Balaban J connectivity index is 1.56. The van der Waals surface area contributed by atoms with Crippen molar-refractivity contribution in [2.24, 2.45) is 0 Å². The molecule has 2 atom stereocenters. The number of phosphoric acid groups is 1. The van der Waals surface area contributed by atoms with Gasteiger partial charge in [0.15, 0.2) is 0 Å². The fourth-order valence-corrected chi connectivity index (χ4v) is 4.76. The van der Waals surface area contributed by atoms with Crippen molar-refractivity contribution in [3.8, 4) is 0 Å². The molecule has 2 rings (SSSR count). The minimum absolute atomic E-state index is 0.158. The second kappa shape index (κ2) is 17.0. The van der Waals surface area contributed by atoms with E-state index in [-0.39, 0.29) is 18.3 Å². The molecule has 0 saturated carbocycles. The molecule has 0 aliphatic carbocycles. The van der Waals surface area contributed by atoms with Gasteiger partial charge in [0, 0.05) is 12.6 Å². The summed E-state index contributed by atoms with van der Waals surface area (Å²) in [4.78, 5) is 46.1. The second-order valence-corrected chi connectivity index (χ2v) is 10.9. The summed E-state index contributed by atoms with van der Waals surface area (Å²) in [6, 6.07) is 1.55. The zero-order valence-corrected chi connectivity index (χ0v) is 22.5. The van der Waals surface area contributed by atoms with Crippen LogP contribution >= 0.6 is 7.82 Å². The van der Waals surface area contributed by atoms with Crippen LogP contribution < -0.4 is 11.0 Å². The van der Waals surface area contributed by atoms with E-state index in [0.29, 0.717) is 19.3 Å². The van der Waals surface area contributed by atoms with Gasteiger partial charge in [0.2, 0.25) is 5.91 Å². The Hall–Kier alpha value is -1.58. The molecule has 0 unspecified atom stereocenters. The predicted octanol–water partition coefficient (Wildman–Crippen LogP) is 5.45. The average molecular weight is 530 g/mol. The number of phosphoric ester groups is 1. The van der Waals surface area contributed by atoms with Crippen molar-refractivity contribution >= 4 is 19.5 Å². The maximum Gasteiger partial charge on any atom is 0.469 e. The van der Waals surface area contributed by atoms with E-state index >= 15 is 0 Å². The van der Waals surface area contributed by atoms with Crippen molar-refractivity contribution < 1.29 is 28.4 Å². The lowest BCUT2D eigenvalue weighted by Gasteiger charge is -2.16. The minimum atomic E-state index is -4.56. The second-order valence-electron chi connectivity index (χ2n) is 9.62. The quantitative estimate of drug-likeness (QED) is 0.159. The van der Waals surface area contributed by atoms with Gasteiger partial charge in [-0.3, -0.25) is 13.9 Å². The highest BCUT2D eigenvalue weighted by atomic mass is 31.2. The van der Waals surface area contributed by atoms with Crippen LogP contribution in [0.5, 0.6) is 0 Å². The smallest absolute Gasteiger partial charge is 0.352 e. The van der Waals surface area contributed by atoms with Crippen LogP contribution in [0.15, 0.2) is 17.1 Å². The summed E-state index contributed by atoms with van der Waals surface area (Å²) in [6.07, 6.45) is 18.0. The van der Waals surface area contributed by atoms with Crippen LogP contribution in [0.4, 0.5) is 5.82 Å². The molecule has 1 aliphatic heterocycles. The Morgan fingerprint density at radius 3 is 2.19 bits per heavy atom. The Labute approximate surface area is 214 Å². The molecule has 10 nitrogen and oxygen atoms in total. The van der Waals surface area contributed by atoms with Crippen molar-refractivity contribution in [2.75, 3.05) is 11.9 Å². The van der Waals surface area contributed by atoms with Gasteiger partial charge in [0.05, 0.1) is 12.7 Å². The van der Waals surface area contributed by atoms with E-state index in [9.17, 15) is 14.2 Å². The number of nitrogens with one attached hydrogen (secondary N) is 1. The molecule has 1 aromatic rings. The van der Waals surface area contributed by atoms with E-state index < -0.39 is 25.8 Å². The Kier molecular flexibility index (Phi) is 14.5. The van der Waals surface area contributed by atoms with Gasteiger partial charge in [-0.1, -0.05) is 84.0 Å². The van der Waals surface area contributed by atoms with Crippen molar-refractivity contribution in [3.05, 3.63) is 22.7 Å². The Morgan fingerprint density at radius 2 is 1.64 bits per heavy atom. The van der Waals surface area contributed by atoms with Gasteiger partial charge in [0.25, 0.3) is 0 Å². The van der Waals surface area contributed by atoms with Crippen LogP contribution in [0.3, 0.4) is 0 Å².